The Bertz CT molecular complexity index is 1270. The number of carbonyl (C=O) groups is 2. The molecule has 0 heterocycles. The molecule has 33 heavy (non-hydrogen) atoms. The lowest BCUT2D eigenvalue weighted by Crippen LogP contribution is -2.20. The van der Waals surface area contributed by atoms with Crippen molar-refractivity contribution in [3.8, 4) is 11.8 Å². The van der Waals surface area contributed by atoms with Crippen molar-refractivity contribution in [2.75, 3.05) is 17.2 Å². The van der Waals surface area contributed by atoms with Gasteiger partial charge >= 0.3 is 0 Å². The predicted octanol–water partition coefficient (Wildman–Crippen LogP) is 5.97. The highest BCUT2D eigenvalue weighted by Gasteiger charge is 2.12. The number of hydrogen-bond donors (Lipinski definition) is 2. The second-order valence-electron chi connectivity index (χ2n) is 6.98. The Hall–Kier alpha value is -3.60. The highest BCUT2D eigenvalue weighted by molar-refractivity contribution is 9.10. The Labute approximate surface area is 205 Å². The number of rotatable bonds is 7. The van der Waals surface area contributed by atoms with Crippen LogP contribution >= 0.6 is 27.5 Å². The number of hydrogen-bond acceptors (Lipinski definition) is 4. The largest absolute Gasteiger partial charge is 0.483 e. The summed E-state index contributed by atoms with van der Waals surface area (Å²) < 4.78 is 6.17. The molecule has 0 aromatic heterocycles. The van der Waals surface area contributed by atoms with Gasteiger partial charge in [-0.05, 0) is 76.5 Å². The summed E-state index contributed by atoms with van der Waals surface area (Å²) in [7, 11) is 0. The zero-order valence-corrected chi connectivity index (χ0v) is 19.9. The minimum atomic E-state index is -0.552. The summed E-state index contributed by atoms with van der Waals surface area (Å²) in [4.78, 5) is 24.6. The molecule has 2 N–H and O–H groups in total. The van der Waals surface area contributed by atoms with Gasteiger partial charge in [-0.2, -0.15) is 5.26 Å². The predicted molar refractivity (Wildman–Crippen MR) is 133 cm³/mol. The molecule has 0 aliphatic rings. The summed E-state index contributed by atoms with van der Waals surface area (Å²) in [6.45, 7) is 1.73. The molecule has 0 radical (unpaired) electrons. The quantitative estimate of drug-likeness (QED) is 0.294. The summed E-state index contributed by atoms with van der Waals surface area (Å²) in [6.07, 6.45) is 1.46. The zero-order chi connectivity index (χ0) is 23.8. The van der Waals surface area contributed by atoms with Crippen molar-refractivity contribution in [1.29, 1.82) is 5.26 Å². The van der Waals surface area contributed by atoms with Gasteiger partial charge in [0.2, 0.25) is 0 Å². The van der Waals surface area contributed by atoms with E-state index < -0.39 is 5.91 Å². The van der Waals surface area contributed by atoms with Crippen LogP contribution in [0, 0.1) is 18.3 Å². The maximum absolute atomic E-state index is 12.4. The van der Waals surface area contributed by atoms with Gasteiger partial charge in [-0.15, -0.1) is 0 Å². The molecule has 0 atom stereocenters. The highest BCUT2D eigenvalue weighted by atomic mass is 79.9. The number of aryl methyl sites for hydroxylation is 1. The van der Waals surface area contributed by atoms with E-state index in [4.69, 9.17) is 16.3 Å². The molecule has 8 heteroatoms. The van der Waals surface area contributed by atoms with Gasteiger partial charge in [-0.1, -0.05) is 41.9 Å². The Kier molecular flexibility index (Phi) is 8.25. The van der Waals surface area contributed by atoms with Crippen molar-refractivity contribution in [1.82, 2.24) is 0 Å². The maximum Gasteiger partial charge on any atom is 0.266 e. The van der Waals surface area contributed by atoms with Gasteiger partial charge in [0, 0.05) is 16.4 Å². The Morgan fingerprint density at radius 3 is 2.58 bits per heavy atom. The van der Waals surface area contributed by atoms with Crippen LogP contribution in [0.3, 0.4) is 0 Å². The number of anilines is 2. The molecule has 0 fully saturated rings. The van der Waals surface area contributed by atoms with Crippen LogP contribution in [0.15, 0.2) is 76.8 Å². The van der Waals surface area contributed by atoms with E-state index in [1.165, 1.54) is 6.08 Å². The summed E-state index contributed by atoms with van der Waals surface area (Å²) in [5.41, 5.74) is 2.70. The Balaban J connectivity index is 1.64. The SMILES string of the molecule is Cc1ccccc1NC(=O)COc1ccc(/C=C(/C#N)C(=O)Nc2cccc(Cl)c2)cc1Br. The average molecular weight is 525 g/mol. The second-order valence-corrected chi connectivity index (χ2v) is 8.27. The van der Waals surface area contributed by atoms with Gasteiger partial charge in [0.15, 0.2) is 6.61 Å². The molecule has 2 amide bonds. The smallest absolute Gasteiger partial charge is 0.266 e. The minimum absolute atomic E-state index is 0.0758. The van der Waals surface area contributed by atoms with Gasteiger partial charge in [0.05, 0.1) is 4.47 Å². The third-order valence-corrected chi connectivity index (χ3v) is 5.35. The number of nitriles is 1. The highest BCUT2D eigenvalue weighted by Crippen LogP contribution is 2.27. The first-order valence-electron chi connectivity index (χ1n) is 9.82. The number of amides is 2. The molecule has 0 bridgehead atoms. The molecule has 3 aromatic carbocycles. The van der Waals surface area contributed by atoms with E-state index in [0.717, 1.165) is 11.3 Å². The van der Waals surface area contributed by atoms with E-state index in [1.54, 1.807) is 42.5 Å². The van der Waals surface area contributed by atoms with Crippen molar-refractivity contribution >= 4 is 56.8 Å². The van der Waals surface area contributed by atoms with Crippen LogP contribution in [-0.4, -0.2) is 18.4 Å². The first kappa shape index (κ1) is 24.1. The molecule has 0 aliphatic carbocycles. The van der Waals surface area contributed by atoms with Crippen molar-refractivity contribution in [2.45, 2.75) is 6.92 Å². The number of carbonyl (C=O) groups excluding carboxylic acids is 2. The van der Waals surface area contributed by atoms with Gasteiger partial charge in [-0.25, -0.2) is 0 Å². The lowest BCUT2D eigenvalue weighted by molar-refractivity contribution is -0.118. The van der Waals surface area contributed by atoms with Crippen molar-refractivity contribution in [2.24, 2.45) is 0 Å². The number of benzene rings is 3. The van der Waals surface area contributed by atoms with E-state index >= 15 is 0 Å². The fourth-order valence-electron chi connectivity index (χ4n) is 2.85. The van der Waals surface area contributed by atoms with Crippen LogP contribution in [-0.2, 0) is 9.59 Å². The van der Waals surface area contributed by atoms with Crippen LogP contribution in [0.4, 0.5) is 11.4 Å². The Morgan fingerprint density at radius 1 is 1.09 bits per heavy atom. The average Bonchev–Trinajstić information content (AvgIpc) is 2.78. The molecular formula is C25H19BrClN3O3. The Morgan fingerprint density at radius 2 is 1.88 bits per heavy atom. The van der Waals surface area contributed by atoms with Crippen LogP contribution < -0.4 is 15.4 Å². The molecule has 0 unspecified atom stereocenters. The number of para-hydroxylation sites is 1. The van der Waals surface area contributed by atoms with E-state index in [2.05, 4.69) is 26.6 Å². The zero-order valence-electron chi connectivity index (χ0n) is 17.6. The summed E-state index contributed by atoms with van der Waals surface area (Å²) in [6, 6.07) is 21.1. The number of nitrogens with one attached hydrogen (secondary N) is 2. The third-order valence-electron chi connectivity index (χ3n) is 4.49. The standard InChI is InChI=1S/C25H19BrClN3O3/c1-16-5-2-3-8-22(16)30-24(31)15-33-23-10-9-17(12-21(23)26)11-18(14-28)25(32)29-20-7-4-6-19(27)13-20/h2-13H,15H2,1H3,(H,29,32)(H,30,31)/b18-11-. The van der Waals surface area contributed by atoms with Crippen LogP contribution in [0.5, 0.6) is 5.75 Å². The van der Waals surface area contributed by atoms with Crippen molar-refractivity contribution in [3.63, 3.8) is 0 Å². The van der Waals surface area contributed by atoms with Gasteiger partial charge in [0.25, 0.3) is 11.8 Å². The third kappa shape index (κ3) is 6.94. The summed E-state index contributed by atoms with van der Waals surface area (Å²) in [5.74, 6) is -0.386. The first-order valence-corrected chi connectivity index (χ1v) is 11.0. The van der Waals surface area contributed by atoms with Crippen LogP contribution in [0.25, 0.3) is 6.08 Å². The summed E-state index contributed by atoms with van der Waals surface area (Å²) in [5, 5.41) is 15.3. The lowest BCUT2D eigenvalue weighted by Gasteiger charge is -2.11. The molecular weight excluding hydrogens is 506 g/mol. The van der Waals surface area contributed by atoms with Crippen LogP contribution in [0.1, 0.15) is 11.1 Å². The van der Waals surface area contributed by atoms with Crippen LogP contribution in [0.2, 0.25) is 5.02 Å². The normalized spacial score (nSPS) is 10.8. The second kappa shape index (κ2) is 11.3. The van der Waals surface area contributed by atoms with Gasteiger partial charge in [0.1, 0.15) is 17.4 Å². The molecule has 3 rings (SSSR count). The topological polar surface area (TPSA) is 91.2 Å². The van der Waals surface area contributed by atoms with E-state index in [-0.39, 0.29) is 18.1 Å². The van der Waals surface area contributed by atoms with E-state index in [0.29, 0.717) is 26.5 Å². The monoisotopic (exact) mass is 523 g/mol. The minimum Gasteiger partial charge on any atom is -0.483 e. The molecule has 3 aromatic rings. The molecule has 6 nitrogen and oxygen atoms in total. The molecule has 166 valence electrons. The maximum atomic E-state index is 12.4. The van der Waals surface area contributed by atoms with Crippen molar-refractivity contribution < 1.29 is 14.3 Å². The number of halogens is 2. The summed E-state index contributed by atoms with van der Waals surface area (Å²) >= 11 is 9.33. The first-order chi connectivity index (χ1) is 15.9. The van der Waals surface area contributed by atoms with Gasteiger partial charge < -0.3 is 15.4 Å². The molecule has 0 aliphatic heterocycles. The molecule has 0 spiro atoms. The fraction of sp³-hybridized carbons (Fsp3) is 0.0800. The van der Waals surface area contributed by atoms with E-state index in [9.17, 15) is 14.9 Å². The number of ether oxygens (including phenoxy) is 1. The lowest BCUT2D eigenvalue weighted by atomic mass is 10.1. The fourth-order valence-corrected chi connectivity index (χ4v) is 3.55. The molecule has 0 saturated carbocycles. The van der Waals surface area contributed by atoms with Gasteiger partial charge in [-0.3, -0.25) is 9.59 Å². The number of nitrogens with zero attached hydrogens (tertiary/aromatic N) is 1. The van der Waals surface area contributed by atoms with Crippen molar-refractivity contribution in [3.05, 3.63) is 92.9 Å². The molecule has 0 saturated heterocycles. The van der Waals surface area contributed by atoms with E-state index in [1.807, 2.05) is 37.3 Å².